The molecule has 1 saturated heterocycles. The maximum absolute atomic E-state index is 13.8. The van der Waals surface area contributed by atoms with Crippen molar-refractivity contribution in [3.8, 4) is 5.75 Å². The quantitative estimate of drug-likeness (QED) is 0.326. The second-order valence-corrected chi connectivity index (χ2v) is 8.49. The average Bonchev–Trinajstić information content (AvgIpc) is 3.02. The number of amides is 1. The Labute approximate surface area is 188 Å². The van der Waals surface area contributed by atoms with Gasteiger partial charge < -0.3 is 4.74 Å². The molecule has 1 aliphatic rings. The Morgan fingerprint density at radius 2 is 1.77 bits per heavy atom. The van der Waals surface area contributed by atoms with Gasteiger partial charge in [0, 0.05) is 5.56 Å². The minimum absolute atomic E-state index is 0.0284. The highest BCUT2D eigenvalue weighted by Crippen LogP contribution is 2.36. The number of benzene rings is 3. The van der Waals surface area contributed by atoms with Crippen molar-refractivity contribution in [1.29, 1.82) is 0 Å². The van der Waals surface area contributed by atoms with Gasteiger partial charge in [0.15, 0.2) is 4.32 Å². The molecule has 3 nitrogen and oxygen atoms in total. The Morgan fingerprint density at radius 3 is 2.47 bits per heavy atom. The number of carbonyl (C=O) groups is 1. The molecule has 0 atom stereocenters. The van der Waals surface area contributed by atoms with Crippen LogP contribution in [-0.4, -0.2) is 10.2 Å². The molecule has 0 spiro atoms. The third kappa shape index (κ3) is 4.41. The summed E-state index contributed by atoms with van der Waals surface area (Å²) in [7, 11) is 0. The van der Waals surface area contributed by atoms with E-state index in [0.717, 1.165) is 11.3 Å². The molecule has 0 bridgehead atoms. The van der Waals surface area contributed by atoms with Gasteiger partial charge in [0.05, 0.1) is 15.6 Å². The highest BCUT2D eigenvalue weighted by atomic mass is 35.5. The second-order valence-electron chi connectivity index (χ2n) is 6.41. The van der Waals surface area contributed by atoms with Crippen molar-refractivity contribution in [3.63, 3.8) is 0 Å². The Balaban J connectivity index is 1.46. The molecule has 0 aromatic heterocycles. The van der Waals surface area contributed by atoms with Crippen LogP contribution in [0.2, 0.25) is 5.02 Å². The van der Waals surface area contributed by atoms with Crippen molar-refractivity contribution < 1.29 is 13.9 Å². The predicted molar refractivity (Wildman–Crippen MR) is 124 cm³/mol. The van der Waals surface area contributed by atoms with Gasteiger partial charge in [-0.25, -0.2) is 4.39 Å². The summed E-state index contributed by atoms with van der Waals surface area (Å²) in [5.41, 5.74) is 1.90. The number of halogens is 2. The first-order valence-electron chi connectivity index (χ1n) is 9.02. The van der Waals surface area contributed by atoms with Gasteiger partial charge in [-0.2, -0.15) is 0 Å². The fourth-order valence-corrected chi connectivity index (χ4v) is 4.42. The van der Waals surface area contributed by atoms with E-state index in [1.54, 1.807) is 30.3 Å². The minimum Gasteiger partial charge on any atom is -0.489 e. The molecule has 0 unspecified atom stereocenters. The zero-order valence-corrected chi connectivity index (χ0v) is 17.9. The van der Waals surface area contributed by atoms with E-state index in [2.05, 4.69) is 0 Å². The number of rotatable bonds is 5. The van der Waals surface area contributed by atoms with Crippen LogP contribution in [0.4, 0.5) is 10.1 Å². The van der Waals surface area contributed by atoms with Crippen LogP contribution >= 0.6 is 35.6 Å². The van der Waals surface area contributed by atoms with Crippen molar-refractivity contribution in [2.24, 2.45) is 0 Å². The predicted octanol–water partition coefficient (Wildman–Crippen LogP) is 6.46. The smallest absolute Gasteiger partial charge is 0.270 e. The molecule has 150 valence electrons. The van der Waals surface area contributed by atoms with Crippen LogP contribution in [0.15, 0.2) is 77.7 Å². The van der Waals surface area contributed by atoms with Crippen molar-refractivity contribution in [1.82, 2.24) is 0 Å². The molecule has 3 aromatic carbocycles. The van der Waals surface area contributed by atoms with E-state index in [1.807, 2.05) is 42.5 Å². The Kier molecular flexibility index (Phi) is 6.18. The largest absolute Gasteiger partial charge is 0.489 e. The lowest BCUT2D eigenvalue weighted by molar-refractivity contribution is -0.113. The molecule has 4 rings (SSSR count). The van der Waals surface area contributed by atoms with E-state index in [9.17, 15) is 9.18 Å². The number of ether oxygens (including phenoxy) is 1. The fraction of sp³-hybridized carbons (Fsp3) is 0.0435. The number of thiocarbonyl (C=S) groups is 1. The number of hydrogen-bond donors (Lipinski definition) is 0. The fourth-order valence-electron chi connectivity index (χ4n) is 2.90. The molecule has 0 N–H and O–H groups in total. The lowest BCUT2D eigenvalue weighted by Crippen LogP contribution is -2.27. The monoisotopic (exact) mass is 455 g/mol. The summed E-state index contributed by atoms with van der Waals surface area (Å²) in [6.07, 6.45) is 1.79. The maximum Gasteiger partial charge on any atom is 0.270 e. The molecule has 3 aromatic rings. The van der Waals surface area contributed by atoms with E-state index in [-0.39, 0.29) is 12.5 Å². The summed E-state index contributed by atoms with van der Waals surface area (Å²) < 4.78 is 20.0. The normalized spacial score (nSPS) is 15.1. The standard InChI is InChI=1S/C23H15ClFNO2S2/c24-19-7-4-8-20(25)18(19)14-28-17-11-9-15(10-12-17)13-21-22(27)26(23(29)30-21)16-5-2-1-3-6-16/h1-13H,14H2/b21-13+. The molecule has 7 heteroatoms. The lowest BCUT2D eigenvalue weighted by atomic mass is 10.2. The molecule has 1 aliphatic heterocycles. The molecule has 1 fully saturated rings. The summed E-state index contributed by atoms with van der Waals surface area (Å²) in [4.78, 5) is 14.9. The van der Waals surface area contributed by atoms with Gasteiger partial charge >= 0.3 is 0 Å². The van der Waals surface area contributed by atoms with Crippen LogP contribution in [0.25, 0.3) is 6.08 Å². The maximum atomic E-state index is 13.8. The minimum atomic E-state index is -0.403. The molecular weight excluding hydrogens is 441 g/mol. The zero-order valence-electron chi connectivity index (χ0n) is 15.5. The molecule has 30 heavy (non-hydrogen) atoms. The number of anilines is 1. The molecule has 0 aliphatic carbocycles. The van der Waals surface area contributed by atoms with E-state index in [0.29, 0.717) is 25.6 Å². The van der Waals surface area contributed by atoms with Crippen molar-refractivity contribution in [3.05, 3.63) is 99.7 Å². The van der Waals surface area contributed by atoms with E-state index in [1.165, 1.54) is 22.7 Å². The van der Waals surface area contributed by atoms with Crippen molar-refractivity contribution >= 4 is 57.6 Å². The molecular formula is C23H15ClFNO2S2. The number of carbonyl (C=O) groups excluding carboxylic acids is 1. The SMILES string of the molecule is O=C1/C(=C\c2ccc(OCc3c(F)cccc3Cl)cc2)SC(=S)N1c1ccccc1. The van der Waals surface area contributed by atoms with Gasteiger partial charge in [0.25, 0.3) is 5.91 Å². The Hall–Kier alpha value is -2.67. The summed E-state index contributed by atoms with van der Waals surface area (Å²) >= 11 is 12.7. The van der Waals surface area contributed by atoms with Gasteiger partial charge in [-0.05, 0) is 48.0 Å². The summed E-state index contributed by atoms with van der Waals surface area (Å²) in [6, 6.07) is 21.0. The summed E-state index contributed by atoms with van der Waals surface area (Å²) in [5.74, 6) is 0.0218. The van der Waals surface area contributed by atoms with E-state index >= 15 is 0 Å². The van der Waals surface area contributed by atoms with Gasteiger partial charge in [-0.3, -0.25) is 9.69 Å². The Bertz CT molecular complexity index is 1110. The van der Waals surface area contributed by atoms with Crippen molar-refractivity contribution in [2.45, 2.75) is 6.61 Å². The first-order chi connectivity index (χ1) is 14.5. The lowest BCUT2D eigenvalue weighted by Gasteiger charge is -2.13. The molecule has 1 heterocycles. The highest BCUT2D eigenvalue weighted by molar-refractivity contribution is 8.27. The topological polar surface area (TPSA) is 29.5 Å². The zero-order chi connectivity index (χ0) is 21.1. The van der Waals surface area contributed by atoms with Gasteiger partial charge in [-0.15, -0.1) is 0 Å². The summed E-state index contributed by atoms with van der Waals surface area (Å²) in [6.45, 7) is 0.0284. The first-order valence-corrected chi connectivity index (χ1v) is 10.6. The summed E-state index contributed by atoms with van der Waals surface area (Å²) in [5, 5.41) is 0.326. The van der Waals surface area contributed by atoms with Gasteiger partial charge in [-0.1, -0.05) is 72.0 Å². The molecule has 1 amide bonds. The third-order valence-electron chi connectivity index (χ3n) is 4.43. The average molecular weight is 456 g/mol. The molecule has 0 radical (unpaired) electrons. The molecule has 0 saturated carbocycles. The second kappa shape index (κ2) is 9.00. The van der Waals surface area contributed by atoms with E-state index < -0.39 is 5.82 Å². The van der Waals surface area contributed by atoms with Crippen LogP contribution in [0.1, 0.15) is 11.1 Å². The number of para-hydroxylation sites is 1. The van der Waals surface area contributed by atoms with Gasteiger partial charge in [0.2, 0.25) is 0 Å². The van der Waals surface area contributed by atoms with Crippen LogP contribution in [-0.2, 0) is 11.4 Å². The van der Waals surface area contributed by atoms with Crippen molar-refractivity contribution in [2.75, 3.05) is 4.90 Å². The van der Waals surface area contributed by atoms with E-state index in [4.69, 9.17) is 28.6 Å². The number of nitrogens with zero attached hydrogens (tertiary/aromatic N) is 1. The van der Waals surface area contributed by atoms with Crippen LogP contribution in [0.3, 0.4) is 0 Å². The number of hydrogen-bond acceptors (Lipinski definition) is 4. The third-order valence-corrected chi connectivity index (χ3v) is 6.09. The van der Waals surface area contributed by atoms with Crippen LogP contribution < -0.4 is 9.64 Å². The Morgan fingerprint density at radius 1 is 1.03 bits per heavy atom. The van der Waals surface area contributed by atoms with Crippen LogP contribution in [0.5, 0.6) is 5.75 Å². The first kappa shape index (κ1) is 20.6. The number of thioether (sulfide) groups is 1. The van der Waals surface area contributed by atoms with Gasteiger partial charge in [0.1, 0.15) is 18.2 Å². The van der Waals surface area contributed by atoms with Crippen LogP contribution in [0, 0.1) is 5.82 Å². The highest BCUT2D eigenvalue weighted by Gasteiger charge is 2.33.